The summed E-state index contributed by atoms with van der Waals surface area (Å²) in [6.07, 6.45) is 3.55. The van der Waals surface area contributed by atoms with Crippen molar-refractivity contribution in [1.82, 2.24) is 5.32 Å². The zero-order valence-corrected chi connectivity index (χ0v) is 17.3. The maximum atomic E-state index is 13.7. The van der Waals surface area contributed by atoms with Gasteiger partial charge in [0.2, 0.25) is 0 Å². The van der Waals surface area contributed by atoms with Gasteiger partial charge in [-0.05, 0) is 54.7 Å². The molecular formula is C24H26FNO5. The zero-order valence-electron chi connectivity index (χ0n) is 17.3. The van der Waals surface area contributed by atoms with Crippen molar-refractivity contribution in [2.24, 2.45) is 0 Å². The van der Waals surface area contributed by atoms with Crippen molar-refractivity contribution in [3.05, 3.63) is 59.4 Å². The van der Waals surface area contributed by atoms with Crippen LogP contribution in [0.3, 0.4) is 0 Å². The summed E-state index contributed by atoms with van der Waals surface area (Å²) in [5, 5.41) is 2.77. The number of esters is 1. The van der Waals surface area contributed by atoms with E-state index in [1.54, 1.807) is 12.1 Å². The predicted molar refractivity (Wildman–Crippen MR) is 112 cm³/mol. The van der Waals surface area contributed by atoms with Gasteiger partial charge in [0.25, 0.3) is 5.91 Å². The van der Waals surface area contributed by atoms with E-state index in [1.807, 2.05) is 18.2 Å². The minimum Gasteiger partial charge on any atom is -0.486 e. The number of nitrogens with one attached hydrogen (secondary N) is 1. The summed E-state index contributed by atoms with van der Waals surface area (Å²) < 4.78 is 30.1. The standard InChI is InChI=1S/C24H26FNO5/c25-19-5-3-4-18(15-19)24(9-1-2-10-24)23(28)31-16-22(27)26-11-8-17-6-7-20-21(14-17)30-13-12-29-20/h3-7,14-15H,1-2,8-13,16H2,(H,26,27). The summed E-state index contributed by atoms with van der Waals surface area (Å²) in [5.74, 6) is 0.234. The third-order valence-electron chi connectivity index (χ3n) is 5.90. The minimum atomic E-state index is -0.867. The highest BCUT2D eigenvalue weighted by Crippen LogP contribution is 2.42. The van der Waals surface area contributed by atoms with Crippen LogP contribution in [0.4, 0.5) is 4.39 Å². The summed E-state index contributed by atoms with van der Waals surface area (Å²) in [6, 6.07) is 11.8. The van der Waals surface area contributed by atoms with Gasteiger partial charge in [-0.25, -0.2) is 4.39 Å². The van der Waals surface area contributed by atoms with Gasteiger partial charge in [0.05, 0.1) is 5.41 Å². The maximum absolute atomic E-state index is 13.7. The van der Waals surface area contributed by atoms with Gasteiger partial charge >= 0.3 is 5.97 Å². The topological polar surface area (TPSA) is 73.9 Å². The van der Waals surface area contributed by atoms with Crippen molar-refractivity contribution in [3.63, 3.8) is 0 Å². The average molecular weight is 427 g/mol. The van der Waals surface area contributed by atoms with Crippen molar-refractivity contribution in [1.29, 1.82) is 0 Å². The van der Waals surface area contributed by atoms with Crippen LogP contribution in [0.15, 0.2) is 42.5 Å². The minimum absolute atomic E-state index is 0.350. The molecule has 31 heavy (non-hydrogen) atoms. The largest absolute Gasteiger partial charge is 0.486 e. The first kappa shape index (κ1) is 21.2. The Kier molecular flexibility index (Phi) is 6.39. The molecule has 1 saturated carbocycles. The SMILES string of the molecule is O=C(COC(=O)C1(c2cccc(F)c2)CCCC1)NCCc1ccc2c(c1)OCCO2. The molecule has 0 saturated heterocycles. The van der Waals surface area contributed by atoms with E-state index < -0.39 is 11.4 Å². The second-order valence-corrected chi connectivity index (χ2v) is 7.95. The molecule has 0 aromatic heterocycles. The third-order valence-corrected chi connectivity index (χ3v) is 5.90. The molecule has 2 aliphatic rings. The Morgan fingerprint density at radius 1 is 1.03 bits per heavy atom. The van der Waals surface area contributed by atoms with Gasteiger partial charge < -0.3 is 19.5 Å². The zero-order chi connectivity index (χ0) is 21.7. The van der Waals surface area contributed by atoms with Gasteiger partial charge in [0, 0.05) is 6.54 Å². The fraction of sp³-hybridized carbons (Fsp3) is 0.417. The van der Waals surface area contributed by atoms with Gasteiger partial charge in [0.1, 0.15) is 19.0 Å². The van der Waals surface area contributed by atoms with Gasteiger partial charge in [-0.3, -0.25) is 9.59 Å². The molecule has 2 aromatic rings. The van der Waals surface area contributed by atoms with Crippen LogP contribution in [0.2, 0.25) is 0 Å². The lowest BCUT2D eigenvalue weighted by Crippen LogP contribution is -2.38. The van der Waals surface area contributed by atoms with E-state index in [2.05, 4.69) is 5.32 Å². The van der Waals surface area contributed by atoms with E-state index in [0.717, 1.165) is 24.2 Å². The number of benzene rings is 2. The van der Waals surface area contributed by atoms with E-state index >= 15 is 0 Å². The Morgan fingerprint density at radius 3 is 2.58 bits per heavy atom. The summed E-state index contributed by atoms with van der Waals surface area (Å²) in [7, 11) is 0. The van der Waals surface area contributed by atoms with Crippen molar-refractivity contribution >= 4 is 11.9 Å². The number of fused-ring (bicyclic) bond motifs is 1. The Balaban J connectivity index is 1.27. The predicted octanol–water partition coefficient (Wildman–Crippen LogP) is 3.31. The summed E-state index contributed by atoms with van der Waals surface area (Å²) >= 11 is 0. The number of amides is 1. The van der Waals surface area contributed by atoms with Crippen LogP contribution in [0.25, 0.3) is 0 Å². The Hall–Kier alpha value is -3.09. The fourth-order valence-corrected chi connectivity index (χ4v) is 4.29. The van der Waals surface area contributed by atoms with E-state index in [0.29, 0.717) is 50.3 Å². The molecule has 7 heteroatoms. The van der Waals surface area contributed by atoms with E-state index in [1.165, 1.54) is 12.1 Å². The normalized spacial score (nSPS) is 16.5. The maximum Gasteiger partial charge on any atom is 0.317 e. The summed E-state index contributed by atoms with van der Waals surface area (Å²) in [6.45, 7) is 1.12. The molecule has 1 aliphatic carbocycles. The first-order valence-electron chi connectivity index (χ1n) is 10.7. The first-order valence-corrected chi connectivity index (χ1v) is 10.7. The molecule has 0 radical (unpaired) electrons. The van der Waals surface area contributed by atoms with Crippen molar-refractivity contribution in [2.45, 2.75) is 37.5 Å². The van der Waals surface area contributed by atoms with Gasteiger partial charge in [0.15, 0.2) is 18.1 Å². The molecule has 164 valence electrons. The quantitative estimate of drug-likeness (QED) is 0.687. The summed E-state index contributed by atoms with van der Waals surface area (Å²) in [5.41, 5.74) is 0.764. The Morgan fingerprint density at radius 2 is 1.81 bits per heavy atom. The van der Waals surface area contributed by atoms with Gasteiger partial charge in [-0.1, -0.05) is 31.0 Å². The number of carbonyl (C=O) groups excluding carboxylic acids is 2. The van der Waals surface area contributed by atoms with Gasteiger partial charge in [-0.2, -0.15) is 0 Å². The van der Waals surface area contributed by atoms with E-state index in [4.69, 9.17) is 14.2 Å². The van der Waals surface area contributed by atoms with E-state index in [9.17, 15) is 14.0 Å². The van der Waals surface area contributed by atoms with Gasteiger partial charge in [-0.15, -0.1) is 0 Å². The smallest absolute Gasteiger partial charge is 0.317 e. The number of rotatable bonds is 7. The third kappa shape index (κ3) is 4.81. The second kappa shape index (κ2) is 9.37. The lowest BCUT2D eigenvalue weighted by molar-refractivity contribution is -0.154. The van der Waals surface area contributed by atoms with Crippen LogP contribution in [-0.2, 0) is 26.2 Å². The van der Waals surface area contributed by atoms with Crippen molar-refractivity contribution in [2.75, 3.05) is 26.4 Å². The number of hydrogen-bond donors (Lipinski definition) is 1. The lowest BCUT2D eigenvalue weighted by Gasteiger charge is -2.27. The molecule has 0 unspecified atom stereocenters. The fourth-order valence-electron chi connectivity index (χ4n) is 4.29. The first-order chi connectivity index (χ1) is 15.1. The molecule has 1 amide bonds. The van der Waals surface area contributed by atoms with Crippen LogP contribution in [-0.4, -0.2) is 38.2 Å². The highest BCUT2D eigenvalue weighted by atomic mass is 19.1. The molecule has 0 spiro atoms. The molecule has 0 atom stereocenters. The Bertz CT molecular complexity index is 955. The van der Waals surface area contributed by atoms with Crippen molar-refractivity contribution < 1.29 is 28.2 Å². The monoisotopic (exact) mass is 427 g/mol. The molecule has 1 N–H and O–H groups in total. The lowest BCUT2D eigenvalue weighted by atomic mass is 9.79. The average Bonchev–Trinajstić information content (AvgIpc) is 3.29. The van der Waals surface area contributed by atoms with Crippen LogP contribution >= 0.6 is 0 Å². The van der Waals surface area contributed by atoms with Crippen LogP contribution in [0.5, 0.6) is 11.5 Å². The molecule has 2 aromatic carbocycles. The molecule has 1 aliphatic heterocycles. The highest BCUT2D eigenvalue weighted by Gasteiger charge is 2.44. The second-order valence-electron chi connectivity index (χ2n) is 7.95. The summed E-state index contributed by atoms with van der Waals surface area (Å²) in [4.78, 5) is 25.1. The molecule has 0 bridgehead atoms. The number of carbonyl (C=O) groups is 2. The number of hydrogen-bond acceptors (Lipinski definition) is 5. The molecule has 6 nitrogen and oxygen atoms in total. The number of halogens is 1. The van der Waals surface area contributed by atoms with E-state index in [-0.39, 0.29) is 18.3 Å². The number of ether oxygens (including phenoxy) is 3. The van der Waals surface area contributed by atoms with Crippen LogP contribution in [0.1, 0.15) is 36.8 Å². The Labute approximate surface area is 180 Å². The van der Waals surface area contributed by atoms with Crippen LogP contribution < -0.4 is 14.8 Å². The molecule has 1 fully saturated rings. The molecule has 4 rings (SSSR count). The van der Waals surface area contributed by atoms with Crippen molar-refractivity contribution in [3.8, 4) is 11.5 Å². The molecule has 1 heterocycles. The van der Waals surface area contributed by atoms with Crippen LogP contribution in [0, 0.1) is 5.82 Å². The molecular weight excluding hydrogens is 401 g/mol. The highest BCUT2D eigenvalue weighted by molar-refractivity contribution is 5.86.